The van der Waals surface area contributed by atoms with Crippen molar-refractivity contribution in [2.24, 2.45) is 0 Å². The van der Waals surface area contributed by atoms with Gasteiger partial charge in [-0.25, -0.2) is 14.0 Å². The molecular weight excluding hydrogens is 453 g/mol. The number of hydrogen-bond acceptors (Lipinski definition) is 6. The van der Waals surface area contributed by atoms with Crippen molar-refractivity contribution in [1.82, 2.24) is 9.80 Å². The Morgan fingerprint density at radius 3 is 2.46 bits per heavy atom. The number of hydrogen-bond donors (Lipinski definition) is 0. The molecule has 0 N–H and O–H groups in total. The molecule has 190 valence electrons. The van der Waals surface area contributed by atoms with Crippen LogP contribution in [0.4, 0.5) is 19.7 Å². The van der Waals surface area contributed by atoms with Crippen LogP contribution in [0.25, 0.3) is 0 Å². The Kier molecular flexibility index (Phi) is 5.87. The van der Waals surface area contributed by atoms with Gasteiger partial charge in [-0.2, -0.15) is 0 Å². The molecular formula is C26H34FN3O5. The van der Waals surface area contributed by atoms with Crippen LogP contribution in [0.5, 0.6) is 0 Å². The predicted octanol–water partition coefficient (Wildman–Crippen LogP) is 3.67. The van der Waals surface area contributed by atoms with Gasteiger partial charge < -0.3 is 24.0 Å². The summed E-state index contributed by atoms with van der Waals surface area (Å²) in [6, 6.07) is 5.63. The number of amides is 2. The fourth-order valence-electron chi connectivity index (χ4n) is 7.21. The second-order valence-corrected chi connectivity index (χ2v) is 10.8. The maximum atomic E-state index is 14.2. The van der Waals surface area contributed by atoms with Crippen LogP contribution < -0.4 is 4.90 Å². The Morgan fingerprint density at radius 2 is 1.80 bits per heavy atom. The third kappa shape index (κ3) is 3.96. The number of nitrogens with zero attached hydrogens (tertiary/aromatic N) is 3. The molecule has 0 saturated carbocycles. The van der Waals surface area contributed by atoms with Crippen LogP contribution in [0.3, 0.4) is 0 Å². The minimum Gasteiger partial charge on any atom is -0.452 e. The summed E-state index contributed by atoms with van der Waals surface area (Å²) < 4.78 is 30.3. The van der Waals surface area contributed by atoms with E-state index >= 15 is 0 Å². The molecule has 1 aromatic carbocycles. The van der Waals surface area contributed by atoms with Gasteiger partial charge in [-0.15, -0.1) is 0 Å². The number of anilines is 1. The van der Waals surface area contributed by atoms with Crippen LogP contribution in [0.1, 0.15) is 50.5 Å². The average molecular weight is 488 g/mol. The van der Waals surface area contributed by atoms with Gasteiger partial charge in [0.1, 0.15) is 11.9 Å². The first-order valence-corrected chi connectivity index (χ1v) is 12.9. The van der Waals surface area contributed by atoms with Crippen LogP contribution in [0, 0.1) is 5.82 Å². The van der Waals surface area contributed by atoms with Crippen molar-refractivity contribution >= 4 is 17.9 Å². The highest BCUT2D eigenvalue weighted by molar-refractivity contribution is 5.91. The van der Waals surface area contributed by atoms with Crippen LogP contribution in [0.15, 0.2) is 18.2 Å². The molecule has 0 aromatic heterocycles. The molecule has 8 nitrogen and oxygen atoms in total. The number of rotatable bonds is 2. The SMILES string of the molecule is COC(=O)N1CC2(CCN(C3CC4CCC(C3)N4C(=O)O[C@@H]3CCOC3)CC2)c2cc(F)ccc21. The Labute approximate surface area is 205 Å². The molecule has 1 spiro atoms. The number of piperidine rings is 2. The largest absolute Gasteiger partial charge is 0.452 e. The summed E-state index contributed by atoms with van der Waals surface area (Å²) in [6.07, 6.45) is 5.87. The molecule has 2 unspecified atom stereocenters. The van der Waals surface area contributed by atoms with Crippen molar-refractivity contribution in [3.05, 3.63) is 29.6 Å². The number of likely N-dealkylation sites (tertiary alicyclic amines) is 1. The molecule has 4 saturated heterocycles. The quantitative estimate of drug-likeness (QED) is 0.634. The van der Waals surface area contributed by atoms with Crippen molar-refractivity contribution in [2.45, 2.75) is 74.6 Å². The minimum atomic E-state index is -0.392. The zero-order chi connectivity index (χ0) is 24.2. The lowest BCUT2D eigenvalue weighted by molar-refractivity contribution is 0.00971. The number of halogens is 1. The molecule has 6 rings (SSSR count). The molecule has 5 aliphatic rings. The summed E-state index contributed by atoms with van der Waals surface area (Å²) in [5, 5.41) is 0. The van der Waals surface area contributed by atoms with Crippen molar-refractivity contribution < 1.29 is 28.2 Å². The van der Waals surface area contributed by atoms with Gasteiger partial charge in [0.15, 0.2) is 0 Å². The molecule has 4 fully saturated rings. The topological polar surface area (TPSA) is 71.6 Å². The van der Waals surface area contributed by atoms with E-state index in [1.807, 2.05) is 4.90 Å². The maximum absolute atomic E-state index is 14.2. The van der Waals surface area contributed by atoms with Gasteiger partial charge in [-0.3, -0.25) is 4.90 Å². The van der Waals surface area contributed by atoms with Gasteiger partial charge in [-0.1, -0.05) is 0 Å². The molecule has 0 aliphatic carbocycles. The highest BCUT2D eigenvalue weighted by Crippen LogP contribution is 2.48. The molecule has 9 heteroatoms. The van der Waals surface area contributed by atoms with E-state index in [0.717, 1.165) is 69.3 Å². The first kappa shape index (κ1) is 23.0. The second kappa shape index (κ2) is 8.92. The van der Waals surface area contributed by atoms with E-state index in [2.05, 4.69) is 4.90 Å². The van der Waals surface area contributed by atoms with E-state index in [1.54, 1.807) is 17.0 Å². The number of fused-ring (bicyclic) bond motifs is 4. The fourth-order valence-corrected chi connectivity index (χ4v) is 7.21. The van der Waals surface area contributed by atoms with Crippen molar-refractivity contribution in [2.75, 3.05) is 44.9 Å². The highest BCUT2D eigenvalue weighted by Gasteiger charge is 2.50. The normalized spacial score (nSPS) is 31.6. The predicted molar refractivity (Wildman–Crippen MR) is 126 cm³/mol. The first-order valence-electron chi connectivity index (χ1n) is 12.9. The molecule has 0 radical (unpaired) electrons. The molecule has 5 heterocycles. The fraction of sp³-hybridized carbons (Fsp3) is 0.692. The third-order valence-corrected chi connectivity index (χ3v) is 9.02. The summed E-state index contributed by atoms with van der Waals surface area (Å²) in [6.45, 7) is 3.51. The van der Waals surface area contributed by atoms with E-state index in [1.165, 1.54) is 13.2 Å². The van der Waals surface area contributed by atoms with Gasteiger partial charge in [0.05, 0.1) is 26.0 Å². The molecule has 3 atom stereocenters. The number of benzene rings is 1. The van der Waals surface area contributed by atoms with Gasteiger partial charge in [-0.05, 0) is 75.4 Å². The van der Waals surface area contributed by atoms with Crippen LogP contribution in [-0.2, 0) is 19.6 Å². The summed E-state index contributed by atoms with van der Waals surface area (Å²) in [4.78, 5) is 31.5. The van der Waals surface area contributed by atoms with E-state index < -0.39 is 6.09 Å². The maximum Gasteiger partial charge on any atom is 0.414 e. The minimum absolute atomic E-state index is 0.110. The Hall–Kier alpha value is -2.39. The molecule has 5 aliphatic heterocycles. The zero-order valence-electron chi connectivity index (χ0n) is 20.3. The first-order chi connectivity index (χ1) is 17.0. The van der Waals surface area contributed by atoms with Gasteiger partial charge >= 0.3 is 12.2 Å². The number of carbonyl (C=O) groups excluding carboxylic acids is 2. The zero-order valence-corrected chi connectivity index (χ0v) is 20.3. The van der Waals surface area contributed by atoms with Gasteiger partial charge in [0, 0.05) is 36.5 Å². The standard InChI is InChI=1S/C26H34FN3O5/c1-33-24(31)29-16-26(22-12-17(27)2-5-23(22)29)7-9-28(10-8-26)20-13-18-3-4-19(14-20)30(18)25(32)35-21-6-11-34-15-21/h2,5,12,18-21H,3-4,6-11,13-16H2,1H3/t18?,19?,20?,21-/m1/s1. The van der Waals surface area contributed by atoms with Gasteiger partial charge in [0.2, 0.25) is 0 Å². The molecule has 35 heavy (non-hydrogen) atoms. The van der Waals surface area contributed by atoms with Crippen molar-refractivity contribution in [3.8, 4) is 0 Å². The molecule has 2 amide bonds. The van der Waals surface area contributed by atoms with E-state index in [4.69, 9.17) is 14.2 Å². The lowest BCUT2D eigenvalue weighted by Gasteiger charge is -2.47. The lowest BCUT2D eigenvalue weighted by Crippen LogP contribution is -2.56. The van der Waals surface area contributed by atoms with Gasteiger partial charge in [0.25, 0.3) is 0 Å². The Bertz CT molecular complexity index is 977. The number of ether oxygens (including phenoxy) is 3. The van der Waals surface area contributed by atoms with Crippen LogP contribution in [-0.4, -0.2) is 86.2 Å². The monoisotopic (exact) mass is 487 g/mol. The van der Waals surface area contributed by atoms with Crippen LogP contribution >= 0.6 is 0 Å². The van der Waals surface area contributed by atoms with Crippen molar-refractivity contribution in [3.63, 3.8) is 0 Å². The summed E-state index contributed by atoms with van der Waals surface area (Å²) in [5.41, 5.74) is 1.45. The van der Waals surface area contributed by atoms with Crippen molar-refractivity contribution in [1.29, 1.82) is 0 Å². The van der Waals surface area contributed by atoms with E-state index in [0.29, 0.717) is 25.8 Å². The highest BCUT2D eigenvalue weighted by atomic mass is 19.1. The smallest absolute Gasteiger partial charge is 0.414 e. The molecule has 2 bridgehead atoms. The van der Waals surface area contributed by atoms with E-state index in [-0.39, 0.29) is 35.5 Å². The lowest BCUT2D eigenvalue weighted by atomic mass is 9.73. The van der Waals surface area contributed by atoms with Crippen LogP contribution in [0.2, 0.25) is 0 Å². The molecule has 1 aromatic rings. The second-order valence-electron chi connectivity index (χ2n) is 10.8. The number of carbonyl (C=O) groups is 2. The Morgan fingerprint density at radius 1 is 1.06 bits per heavy atom. The third-order valence-electron chi connectivity index (χ3n) is 9.02. The number of methoxy groups -OCH3 is 1. The summed E-state index contributed by atoms with van der Waals surface area (Å²) >= 11 is 0. The van der Waals surface area contributed by atoms with E-state index in [9.17, 15) is 14.0 Å². The summed E-state index contributed by atoms with van der Waals surface area (Å²) in [7, 11) is 1.39. The average Bonchev–Trinajstić information content (AvgIpc) is 3.55. The summed E-state index contributed by atoms with van der Waals surface area (Å²) in [5.74, 6) is -0.266. The Balaban J connectivity index is 1.12.